The van der Waals surface area contributed by atoms with E-state index in [4.69, 9.17) is 5.73 Å². The fourth-order valence-corrected chi connectivity index (χ4v) is 4.00. The number of aliphatic hydroxyl groups excluding tert-OH is 1. The molecule has 9 heteroatoms. The second-order valence-electron chi connectivity index (χ2n) is 8.68. The first-order valence-corrected chi connectivity index (χ1v) is 11.7. The topological polar surface area (TPSA) is 117 Å². The molecule has 1 heterocycles. The maximum absolute atomic E-state index is 13.8. The summed E-state index contributed by atoms with van der Waals surface area (Å²) in [7, 11) is 0. The van der Waals surface area contributed by atoms with E-state index in [9.17, 15) is 23.5 Å². The Labute approximate surface area is 212 Å². The maximum atomic E-state index is 13.8. The van der Waals surface area contributed by atoms with Gasteiger partial charge in [0.25, 0.3) is 0 Å². The number of anilines is 1. The van der Waals surface area contributed by atoms with E-state index >= 15 is 0 Å². The Morgan fingerprint density at radius 3 is 2.41 bits per heavy atom. The van der Waals surface area contributed by atoms with Gasteiger partial charge in [-0.25, -0.2) is 13.8 Å². The Hall–Kier alpha value is -4.37. The van der Waals surface area contributed by atoms with Crippen molar-refractivity contribution in [1.82, 2.24) is 15.6 Å². The van der Waals surface area contributed by atoms with Crippen LogP contribution in [0.15, 0.2) is 79.0 Å². The number of carbonyl (C=O) groups excluding carboxylic acids is 2. The molecular weight excluding hydrogens is 478 g/mol. The van der Waals surface area contributed by atoms with Crippen molar-refractivity contribution in [3.8, 4) is 0 Å². The first-order valence-electron chi connectivity index (χ1n) is 11.7. The van der Waals surface area contributed by atoms with Crippen molar-refractivity contribution in [1.29, 1.82) is 0 Å². The molecule has 0 aliphatic heterocycles. The lowest BCUT2D eigenvalue weighted by Gasteiger charge is -2.21. The van der Waals surface area contributed by atoms with E-state index < -0.39 is 35.6 Å². The van der Waals surface area contributed by atoms with Gasteiger partial charge in [-0.15, -0.1) is 0 Å². The number of nitrogens with zero attached hydrogens (tertiary/aromatic N) is 1. The molecule has 5 N–H and O–H groups in total. The van der Waals surface area contributed by atoms with Crippen LogP contribution < -0.4 is 16.4 Å². The minimum absolute atomic E-state index is 0.0316. The quantitative estimate of drug-likeness (QED) is 0.280. The molecule has 0 saturated carbocycles. The van der Waals surface area contributed by atoms with Crippen LogP contribution in [-0.4, -0.2) is 34.1 Å². The molecule has 0 radical (unpaired) electrons. The Balaban J connectivity index is 1.48. The number of hydrogen-bond donors (Lipinski definition) is 4. The van der Waals surface area contributed by atoms with E-state index in [0.717, 1.165) is 28.5 Å². The predicted molar refractivity (Wildman–Crippen MR) is 136 cm³/mol. The molecule has 2 atom stereocenters. The Morgan fingerprint density at radius 1 is 0.892 bits per heavy atom. The van der Waals surface area contributed by atoms with Gasteiger partial charge in [0.05, 0.1) is 0 Å². The summed E-state index contributed by atoms with van der Waals surface area (Å²) in [6.07, 6.45) is -0.0150. The van der Waals surface area contributed by atoms with Gasteiger partial charge in [0.15, 0.2) is 11.6 Å². The van der Waals surface area contributed by atoms with Gasteiger partial charge in [0.1, 0.15) is 18.0 Å². The highest BCUT2D eigenvalue weighted by Gasteiger charge is 2.25. The molecule has 0 aliphatic carbocycles. The smallest absolute Gasteiger partial charge is 0.249 e. The van der Waals surface area contributed by atoms with Crippen LogP contribution in [0.4, 0.5) is 14.6 Å². The number of halogens is 2. The summed E-state index contributed by atoms with van der Waals surface area (Å²) in [5, 5.41) is 17.8. The standard InChI is InChI=1S/C28H26F2N4O3/c29-22-10-8-17(12-23(22)30)13-24(27(36)33-16-18-9-11-26(31)32-15-18)34-28(37)25(35)14-20-6-3-5-19-4-1-2-7-21(19)20/h1-12,15,24-25,35H,13-14,16H2,(H2,31,32)(H,33,36)(H,34,37)/t24-,25+/m0/s1. The van der Waals surface area contributed by atoms with E-state index in [1.54, 1.807) is 12.1 Å². The SMILES string of the molecule is Nc1ccc(CNC(=O)[C@H](Cc2ccc(F)c(F)c2)NC(=O)[C@H](O)Cc2cccc3ccccc23)cn1. The monoisotopic (exact) mass is 504 g/mol. The minimum Gasteiger partial charge on any atom is -0.384 e. The van der Waals surface area contributed by atoms with E-state index in [-0.39, 0.29) is 19.4 Å². The molecule has 4 aromatic rings. The summed E-state index contributed by atoms with van der Waals surface area (Å²) in [5.41, 5.74) is 7.34. The molecule has 0 bridgehead atoms. The first-order chi connectivity index (χ1) is 17.8. The number of benzene rings is 3. The minimum atomic E-state index is -1.44. The zero-order valence-electron chi connectivity index (χ0n) is 19.8. The number of nitrogen functional groups attached to an aromatic ring is 1. The number of nitrogens with two attached hydrogens (primary N) is 1. The van der Waals surface area contributed by atoms with Gasteiger partial charge in [-0.05, 0) is 45.7 Å². The molecule has 3 aromatic carbocycles. The predicted octanol–water partition coefficient (Wildman–Crippen LogP) is 3.04. The highest BCUT2D eigenvalue weighted by molar-refractivity contribution is 5.90. The first kappa shape index (κ1) is 25.7. The normalized spacial score (nSPS) is 12.6. The third-order valence-electron chi connectivity index (χ3n) is 5.97. The number of hydrogen-bond acceptors (Lipinski definition) is 5. The lowest BCUT2D eigenvalue weighted by molar-refractivity contribution is -0.134. The van der Waals surface area contributed by atoms with E-state index in [0.29, 0.717) is 16.9 Å². The summed E-state index contributed by atoms with van der Waals surface area (Å²) in [4.78, 5) is 29.9. The van der Waals surface area contributed by atoms with E-state index in [2.05, 4.69) is 15.6 Å². The number of nitrogens with one attached hydrogen (secondary N) is 2. The lowest BCUT2D eigenvalue weighted by Crippen LogP contribution is -2.51. The highest BCUT2D eigenvalue weighted by atomic mass is 19.2. The number of aromatic nitrogens is 1. The van der Waals surface area contributed by atoms with Gasteiger partial charge >= 0.3 is 0 Å². The number of aliphatic hydroxyl groups is 1. The fourth-order valence-electron chi connectivity index (χ4n) is 4.00. The number of fused-ring (bicyclic) bond motifs is 1. The molecule has 2 amide bonds. The molecule has 190 valence electrons. The van der Waals surface area contributed by atoms with Crippen LogP contribution in [0.5, 0.6) is 0 Å². The third kappa shape index (κ3) is 6.65. The van der Waals surface area contributed by atoms with Crippen molar-refractivity contribution < 1.29 is 23.5 Å². The van der Waals surface area contributed by atoms with E-state index in [1.165, 1.54) is 12.3 Å². The van der Waals surface area contributed by atoms with Crippen LogP contribution >= 0.6 is 0 Å². The molecule has 0 spiro atoms. The van der Waals surface area contributed by atoms with Crippen LogP contribution in [0.25, 0.3) is 10.8 Å². The Morgan fingerprint density at radius 2 is 1.65 bits per heavy atom. The average Bonchev–Trinajstić information content (AvgIpc) is 2.90. The van der Waals surface area contributed by atoms with Crippen molar-refractivity contribution >= 4 is 28.4 Å². The second kappa shape index (κ2) is 11.6. The van der Waals surface area contributed by atoms with Gasteiger partial charge in [-0.2, -0.15) is 0 Å². The van der Waals surface area contributed by atoms with E-state index in [1.807, 2.05) is 42.5 Å². The fraction of sp³-hybridized carbons (Fsp3) is 0.179. The van der Waals surface area contributed by atoms with Crippen molar-refractivity contribution in [2.45, 2.75) is 31.5 Å². The number of carbonyl (C=O) groups is 2. The highest BCUT2D eigenvalue weighted by Crippen LogP contribution is 2.20. The second-order valence-corrected chi connectivity index (χ2v) is 8.68. The third-order valence-corrected chi connectivity index (χ3v) is 5.97. The van der Waals surface area contributed by atoms with Crippen molar-refractivity contribution in [2.75, 3.05) is 5.73 Å². The van der Waals surface area contributed by atoms with Crippen molar-refractivity contribution in [3.05, 3.63) is 107 Å². The largest absolute Gasteiger partial charge is 0.384 e. The number of rotatable bonds is 9. The van der Waals surface area contributed by atoms with Gasteiger partial charge in [-0.3, -0.25) is 9.59 Å². The zero-order valence-corrected chi connectivity index (χ0v) is 19.8. The molecule has 0 saturated heterocycles. The van der Waals surface area contributed by atoms with Crippen LogP contribution in [-0.2, 0) is 29.0 Å². The molecule has 0 unspecified atom stereocenters. The molecule has 4 rings (SSSR count). The summed E-state index contributed by atoms with van der Waals surface area (Å²) in [6.45, 7) is 0.106. The summed E-state index contributed by atoms with van der Waals surface area (Å²) in [6, 6.07) is 18.6. The van der Waals surface area contributed by atoms with Crippen LogP contribution in [0, 0.1) is 11.6 Å². The molecule has 1 aromatic heterocycles. The van der Waals surface area contributed by atoms with Crippen molar-refractivity contribution in [2.24, 2.45) is 0 Å². The van der Waals surface area contributed by atoms with Crippen molar-refractivity contribution in [3.63, 3.8) is 0 Å². The molecule has 0 aliphatic rings. The van der Waals surface area contributed by atoms with Crippen LogP contribution in [0.1, 0.15) is 16.7 Å². The molecular formula is C28H26F2N4O3. The number of amides is 2. The lowest BCUT2D eigenvalue weighted by atomic mass is 9.99. The molecule has 0 fully saturated rings. The summed E-state index contributed by atoms with van der Waals surface area (Å²) < 4.78 is 27.2. The molecule has 7 nitrogen and oxygen atoms in total. The van der Waals surface area contributed by atoms with Crippen LogP contribution in [0.2, 0.25) is 0 Å². The maximum Gasteiger partial charge on any atom is 0.249 e. The van der Waals surface area contributed by atoms with Gasteiger partial charge in [0, 0.05) is 25.6 Å². The zero-order chi connectivity index (χ0) is 26.4. The number of pyridine rings is 1. The van der Waals surface area contributed by atoms with Crippen LogP contribution in [0.3, 0.4) is 0 Å². The van der Waals surface area contributed by atoms with Gasteiger partial charge in [-0.1, -0.05) is 54.6 Å². The summed E-state index contributed by atoms with van der Waals surface area (Å²) in [5.74, 6) is -3.07. The Kier molecular flexibility index (Phi) is 8.05. The van der Waals surface area contributed by atoms with Gasteiger partial charge in [0.2, 0.25) is 11.8 Å². The van der Waals surface area contributed by atoms with Gasteiger partial charge < -0.3 is 21.5 Å². The molecule has 37 heavy (non-hydrogen) atoms. The summed E-state index contributed by atoms with van der Waals surface area (Å²) >= 11 is 0. The Bertz CT molecular complexity index is 1410. The average molecular weight is 505 g/mol.